The molecule has 1 aromatic carbocycles. The van der Waals surface area contributed by atoms with Gasteiger partial charge in [-0.15, -0.1) is 0 Å². The van der Waals surface area contributed by atoms with Crippen LogP contribution in [0.2, 0.25) is 0 Å². The maximum atomic E-state index is 10.7. The second kappa shape index (κ2) is 6.39. The van der Waals surface area contributed by atoms with Crippen LogP contribution in [-0.2, 0) is 0 Å². The van der Waals surface area contributed by atoms with Crippen LogP contribution in [0.5, 0.6) is 11.5 Å². The first-order chi connectivity index (χ1) is 8.16. The third-order valence-electron chi connectivity index (χ3n) is 2.38. The molecule has 94 valence electrons. The van der Waals surface area contributed by atoms with E-state index in [0.717, 1.165) is 12.8 Å². The molecule has 2 rings (SSSR count). The van der Waals surface area contributed by atoms with E-state index in [1.54, 1.807) is 6.26 Å². The van der Waals surface area contributed by atoms with E-state index >= 15 is 0 Å². The monoisotopic (exact) mass is 256 g/mol. The molecule has 0 spiro atoms. The molecule has 0 radical (unpaired) electrons. The zero-order chi connectivity index (χ0) is 12.8. The van der Waals surface area contributed by atoms with Crippen molar-refractivity contribution in [2.45, 2.75) is 12.8 Å². The van der Waals surface area contributed by atoms with Crippen LogP contribution >= 0.6 is 12.6 Å². The van der Waals surface area contributed by atoms with Crippen molar-refractivity contribution in [3.05, 3.63) is 23.8 Å². The number of rotatable bonds is 4. The molecule has 5 heteroatoms. The number of benzene rings is 1. The molecule has 0 saturated heterocycles. The summed E-state index contributed by atoms with van der Waals surface area (Å²) in [6.07, 6.45) is 4.00. The smallest absolute Gasteiger partial charge is 0.335 e. The predicted molar refractivity (Wildman–Crippen MR) is 68.2 cm³/mol. The lowest BCUT2D eigenvalue weighted by Crippen LogP contribution is -2.01. The lowest BCUT2D eigenvalue weighted by molar-refractivity contribution is 0.0696. The molecular formula is C12H16O4S. The highest BCUT2D eigenvalue weighted by Crippen LogP contribution is 2.32. The number of hydrogen-bond donors (Lipinski definition) is 3. The maximum absolute atomic E-state index is 10.7. The van der Waals surface area contributed by atoms with Crippen LogP contribution in [-0.4, -0.2) is 29.0 Å². The third-order valence-corrected chi connectivity index (χ3v) is 2.38. The summed E-state index contributed by atoms with van der Waals surface area (Å²) >= 11 is 3.53. The van der Waals surface area contributed by atoms with Crippen LogP contribution in [0.4, 0.5) is 0 Å². The number of phenolic OH excluding ortho intramolecular Hbond substituents is 1. The van der Waals surface area contributed by atoms with E-state index in [4.69, 9.17) is 9.84 Å². The van der Waals surface area contributed by atoms with Gasteiger partial charge in [0.25, 0.3) is 0 Å². The zero-order valence-electron chi connectivity index (χ0n) is 9.59. The van der Waals surface area contributed by atoms with Crippen LogP contribution in [0.15, 0.2) is 18.2 Å². The third kappa shape index (κ3) is 4.19. The molecule has 1 aliphatic carbocycles. The van der Waals surface area contributed by atoms with E-state index < -0.39 is 5.97 Å². The molecule has 1 aromatic rings. The minimum absolute atomic E-state index is 0.0133. The number of thiol groups is 1. The summed E-state index contributed by atoms with van der Waals surface area (Å²) in [5, 5.41) is 18.2. The molecule has 0 bridgehead atoms. The number of ether oxygens (including phenoxy) is 1. The Bertz CT molecular complexity index is 388. The number of hydrogen-bond acceptors (Lipinski definition) is 4. The summed E-state index contributed by atoms with van der Waals surface area (Å²) in [6.45, 7) is 0.552. The van der Waals surface area contributed by atoms with Gasteiger partial charge in [0, 0.05) is 0 Å². The molecule has 1 aliphatic rings. The highest BCUT2D eigenvalue weighted by molar-refractivity contribution is 7.79. The van der Waals surface area contributed by atoms with Crippen LogP contribution in [0.25, 0.3) is 0 Å². The topological polar surface area (TPSA) is 66.8 Å². The number of carboxylic acid groups (broad SMARTS) is 1. The number of phenols is 1. The SMILES string of the molecule is CS.O=C(O)c1ccc(O)c(OCC2CC2)c1. The van der Waals surface area contributed by atoms with Crippen LogP contribution < -0.4 is 4.74 Å². The fraction of sp³-hybridized carbons (Fsp3) is 0.417. The van der Waals surface area contributed by atoms with Gasteiger partial charge in [0.05, 0.1) is 12.2 Å². The molecule has 1 fully saturated rings. The summed E-state index contributed by atoms with van der Waals surface area (Å²) in [7, 11) is 0. The molecule has 1 saturated carbocycles. The molecule has 4 nitrogen and oxygen atoms in total. The van der Waals surface area contributed by atoms with Crippen molar-refractivity contribution in [2.75, 3.05) is 12.9 Å². The van der Waals surface area contributed by atoms with E-state index in [2.05, 4.69) is 12.6 Å². The number of carbonyl (C=O) groups is 1. The molecule has 0 amide bonds. The van der Waals surface area contributed by atoms with Gasteiger partial charge in [-0.2, -0.15) is 12.6 Å². The van der Waals surface area contributed by atoms with E-state index in [-0.39, 0.29) is 17.1 Å². The van der Waals surface area contributed by atoms with Crippen molar-refractivity contribution in [2.24, 2.45) is 5.92 Å². The molecule has 0 heterocycles. The highest BCUT2D eigenvalue weighted by atomic mass is 32.1. The zero-order valence-corrected chi connectivity index (χ0v) is 10.5. The predicted octanol–water partition coefficient (Wildman–Crippen LogP) is 2.43. The minimum Gasteiger partial charge on any atom is -0.504 e. The fourth-order valence-electron chi connectivity index (χ4n) is 1.25. The van der Waals surface area contributed by atoms with Gasteiger partial charge in [0.15, 0.2) is 11.5 Å². The molecule has 17 heavy (non-hydrogen) atoms. The quantitative estimate of drug-likeness (QED) is 0.724. The summed E-state index contributed by atoms with van der Waals surface area (Å²) in [5.41, 5.74) is 0.124. The lowest BCUT2D eigenvalue weighted by Gasteiger charge is -2.07. The van der Waals surface area contributed by atoms with E-state index in [0.29, 0.717) is 12.5 Å². The van der Waals surface area contributed by atoms with Gasteiger partial charge in [-0.25, -0.2) is 4.79 Å². The van der Waals surface area contributed by atoms with Gasteiger partial charge < -0.3 is 14.9 Å². The molecule has 2 N–H and O–H groups in total. The molecule has 0 aliphatic heterocycles. The normalized spacial score (nSPS) is 13.5. The fourth-order valence-corrected chi connectivity index (χ4v) is 1.25. The van der Waals surface area contributed by atoms with Crippen molar-refractivity contribution in [3.63, 3.8) is 0 Å². The van der Waals surface area contributed by atoms with E-state index in [1.807, 2.05) is 0 Å². The summed E-state index contributed by atoms with van der Waals surface area (Å²) < 4.78 is 5.34. The minimum atomic E-state index is -1.02. The summed E-state index contributed by atoms with van der Waals surface area (Å²) in [5.74, 6) is -0.216. The molecule has 0 atom stereocenters. The molecule has 0 aromatic heterocycles. The number of aromatic hydroxyl groups is 1. The molecule has 0 unspecified atom stereocenters. The van der Waals surface area contributed by atoms with Gasteiger partial charge in [-0.1, -0.05) is 0 Å². The Morgan fingerprint density at radius 1 is 1.47 bits per heavy atom. The van der Waals surface area contributed by atoms with Crippen molar-refractivity contribution < 1.29 is 19.7 Å². The van der Waals surface area contributed by atoms with Crippen molar-refractivity contribution in [1.29, 1.82) is 0 Å². The Morgan fingerprint density at radius 3 is 2.65 bits per heavy atom. The Morgan fingerprint density at radius 2 is 2.12 bits per heavy atom. The first-order valence-electron chi connectivity index (χ1n) is 5.30. The van der Waals surface area contributed by atoms with Gasteiger partial charge in [0.2, 0.25) is 0 Å². The largest absolute Gasteiger partial charge is 0.504 e. The molecular weight excluding hydrogens is 240 g/mol. The first kappa shape index (κ1) is 13.7. The summed E-state index contributed by atoms with van der Waals surface area (Å²) in [4.78, 5) is 10.7. The van der Waals surface area contributed by atoms with Gasteiger partial charge in [0.1, 0.15) is 0 Å². The summed E-state index contributed by atoms with van der Waals surface area (Å²) in [6, 6.07) is 4.04. The Kier molecular flexibility index (Phi) is 5.15. The van der Waals surface area contributed by atoms with Crippen LogP contribution in [0.3, 0.4) is 0 Å². The van der Waals surface area contributed by atoms with Crippen molar-refractivity contribution in [3.8, 4) is 11.5 Å². The standard InChI is InChI=1S/C11H12O4.CH4S/c12-9-4-3-8(11(13)14)5-10(9)15-6-7-1-2-7;1-2/h3-5,7,12H,1-2,6H2,(H,13,14);2H,1H3. The van der Waals surface area contributed by atoms with Gasteiger partial charge in [-0.3, -0.25) is 0 Å². The average Bonchev–Trinajstić information content (AvgIpc) is 3.14. The highest BCUT2D eigenvalue weighted by Gasteiger charge is 2.22. The second-order valence-electron chi connectivity index (χ2n) is 3.74. The van der Waals surface area contributed by atoms with Gasteiger partial charge in [-0.05, 0) is 43.2 Å². The maximum Gasteiger partial charge on any atom is 0.335 e. The number of aromatic carboxylic acids is 1. The van der Waals surface area contributed by atoms with Crippen LogP contribution in [0.1, 0.15) is 23.2 Å². The Hall–Kier alpha value is -1.36. The number of carboxylic acids is 1. The second-order valence-corrected chi connectivity index (χ2v) is 3.74. The Labute approximate surface area is 106 Å². The average molecular weight is 256 g/mol. The van der Waals surface area contributed by atoms with Crippen molar-refractivity contribution >= 4 is 18.6 Å². The first-order valence-corrected chi connectivity index (χ1v) is 6.20. The lowest BCUT2D eigenvalue weighted by atomic mass is 10.2. The Balaban J connectivity index is 0.000000686. The van der Waals surface area contributed by atoms with E-state index in [9.17, 15) is 9.90 Å². The van der Waals surface area contributed by atoms with Gasteiger partial charge >= 0.3 is 5.97 Å². The van der Waals surface area contributed by atoms with E-state index in [1.165, 1.54) is 18.2 Å². The van der Waals surface area contributed by atoms with Crippen LogP contribution in [0, 0.1) is 5.92 Å². The van der Waals surface area contributed by atoms with Crippen molar-refractivity contribution in [1.82, 2.24) is 0 Å².